The molecule has 0 radical (unpaired) electrons. The van der Waals surface area contributed by atoms with Crippen LogP contribution in [0.1, 0.15) is 80.4 Å². The van der Waals surface area contributed by atoms with Crippen molar-refractivity contribution in [3.63, 3.8) is 0 Å². The van der Waals surface area contributed by atoms with Gasteiger partial charge in [-0.1, -0.05) is 54.6 Å². The zero-order valence-corrected chi connectivity index (χ0v) is 32.8. The molecular formula is C47H58N2O8. The summed E-state index contributed by atoms with van der Waals surface area (Å²) in [6, 6.07) is 19.1. The maximum absolute atomic E-state index is 13.4. The summed E-state index contributed by atoms with van der Waals surface area (Å²) in [5.41, 5.74) is 14.3. The van der Waals surface area contributed by atoms with Crippen LogP contribution >= 0.6 is 0 Å². The normalized spacial score (nSPS) is 20.6. The molecule has 3 aromatic carbocycles. The van der Waals surface area contributed by atoms with E-state index >= 15 is 0 Å². The third kappa shape index (κ3) is 13.3. The van der Waals surface area contributed by atoms with E-state index in [4.69, 9.17) is 30.4 Å². The first-order chi connectivity index (χ1) is 27.5. The number of aliphatic hydroxyl groups is 2. The van der Waals surface area contributed by atoms with Gasteiger partial charge in [-0.3, -0.25) is 9.59 Å². The van der Waals surface area contributed by atoms with Crippen LogP contribution in [0.4, 0.5) is 11.4 Å². The largest absolute Gasteiger partial charge is 0.493 e. The number of nitrogens with two attached hydrogens (primary N) is 2. The minimum absolute atomic E-state index is 0.135. The number of nitrogen functional groups attached to an aromatic ring is 2. The second-order valence-corrected chi connectivity index (χ2v) is 15.2. The average molecular weight is 779 g/mol. The maximum atomic E-state index is 13.4. The molecule has 0 aliphatic heterocycles. The van der Waals surface area contributed by atoms with Crippen LogP contribution in [0, 0.1) is 11.8 Å². The third-order valence-corrected chi connectivity index (χ3v) is 10.8. The van der Waals surface area contributed by atoms with Gasteiger partial charge in [-0.05, 0) is 128 Å². The highest BCUT2D eigenvalue weighted by atomic mass is 16.5. The van der Waals surface area contributed by atoms with Crippen LogP contribution in [0.15, 0.2) is 104 Å². The molecular weight excluding hydrogens is 721 g/mol. The second-order valence-electron chi connectivity index (χ2n) is 15.2. The summed E-state index contributed by atoms with van der Waals surface area (Å²) in [4.78, 5) is 26.7. The standard InChI is InChI=1S/C47H58N2O8/c1-3-27-54-39-21-10-35(11-22-39)31-56-41-17-6-33(7-18-41)5-16-38(50)30-44(43-25-15-37(48)29-45(43)49)47(52,53)46(51)26-14-34-8-19-42(20-9-34)57-32-36-12-23-40(24-13-36)55-28-4-2/h3-9,14-20,25-26,29,35-36,39-40,44,52-53H,1-2,10-13,21-24,27-28,30-32,48-49H2. The van der Waals surface area contributed by atoms with Crippen LogP contribution in [-0.4, -0.2) is 66.2 Å². The molecule has 304 valence electrons. The average Bonchev–Trinajstić information content (AvgIpc) is 3.22. The minimum Gasteiger partial charge on any atom is -0.493 e. The van der Waals surface area contributed by atoms with Gasteiger partial charge in [-0.2, -0.15) is 0 Å². The number of ketones is 2. The Labute approximate surface area is 336 Å². The Balaban J connectivity index is 1.15. The number of hydrogen-bond donors (Lipinski definition) is 4. The van der Waals surface area contributed by atoms with Crippen molar-refractivity contribution in [2.24, 2.45) is 11.8 Å². The summed E-state index contributed by atoms with van der Waals surface area (Å²) in [6.45, 7) is 9.83. The number of ether oxygens (including phenoxy) is 4. The lowest BCUT2D eigenvalue weighted by Crippen LogP contribution is -2.44. The molecule has 2 saturated carbocycles. The van der Waals surface area contributed by atoms with Crippen molar-refractivity contribution in [1.82, 2.24) is 0 Å². The quantitative estimate of drug-likeness (QED) is 0.0363. The van der Waals surface area contributed by atoms with Crippen LogP contribution < -0.4 is 20.9 Å². The smallest absolute Gasteiger partial charge is 0.235 e. The third-order valence-electron chi connectivity index (χ3n) is 10.8. The molecule has 6 N–H and O–H groups in total. The van der Waals surface area contributed by atoms with Crippen molar-refractivity contribution < 1.29 is 38.7 Å². The molecule has 2 aliphatic carbocycles. The van der Waals surface area contributed by atoms with E-state index in [-0.39, 0.29) is 17.4 Å². The van der Waals surface area contributed by atoms with Gasteiger partial charge in [0, 0.05) is 17.8 Å². The van der Waals surface area contributed by atoms with Gasteiger partial charge in [0.1, 0.15) is 11.5 Å². The molecule has 0 spiro atoms. The summed E-state index contributed by atoms with van der Waals surface area (Å²) in [6.07, 6.45) is 17.5. The van der Waals surface area contributed by atoms with Crippen molar-refractivity contribution in [3.05, 3.63) is 121 Å². The summed E-state index contributed by atoms with van der Waals surface area (Å²) < 4.78 is 23.6. The first-order valence-electron chi connectivity index (χ1n) is 20.0. The lowest BCUT2D eigenvalue weighted by atomic mass is 9.82. The highest BCUT2D eigenvalue weighted by Crippen LogP contribution is 2.36. The van der Waals surface area contributed by atoms with E-state index in [9.17, 15) is 19.8 Å². The number of carbonyl (C=O) groups excluding carboxylic acids is 2. The van der Waals surface area contributed by atoms with Gasteiger partial charge in [0.05, 0.1) is 44.6 Å². The second kappa shape index (κ2) is 21.5. The van der Waals surface area contributed by atoms with E-state index in [0.29, 0.717) is 61.4 Å². The first-order valence-corrected chi connectivity index (χ1v) is 20.0. The molecule has 0 aromatic heterocycles. The molecule has 10 nitrogen and oxygen atoms in total. The van der Waals surface area contributed by atoms with Gasteiger partial charge in [-0.15, -0.1) is 13.2 Å². The van der Waals surface area contributed by atoms with Crippen molar-refractivity contribution in [3.8, 4) is 11.5 Å². The van der Waals surface area contributed by atoms with Gasteiger partial charge in [0.25, 0.3) is 0 Å². The van der Waals surface area contributed by atoms with E-state index in [1.54, 1.807) is 30.4 Å². The Bertz CT molecular complexity index is 1820. The highest BCUT2D eigenvalue weighted by molar-refractivity contribution is 6.01. The van der Waals surface area contributed by atoms with Crippen molar-refractivity contribution in [2.75, 3.05) is 37.9 Å². The number of anilines is 2. The SMILES string of the molecule is C=CCOC1CCC(COc2ccc(C=CC(=O)CC(c3ccc(N)cc3N)C(O)(O)C(=O)C=Cc3ccc(OCC4CCC(OCC=C)CC4)cc3)cc2)CC1. The predicted molar refractivity (Wildman–Crippen MR) is 226 cm³/mol. The fourth-order valence-electron chi connectivity index (χ4n) is 7.42. The number of benzene rings is 3. The predicted octanol–water partition coefficient (Wildman–Crippen LogP) is 7.85. The first kappa shape index (κ1) is 43.1. The summed E-state index contributed by atoms with van der Waals surface area (Å²) in [7, 11) is 0. The molecule has 10 heteroatoms. The van der Waals surface area contributed by atoms with Crippen LogP contribution in [0.3, 0.4) is 0 Å². The van der Waals surface area contributed by atoms with E-state index in [1.807, 2.05) is 36.4 Å². The van der Waals surface area contributed by atoms with E-state index < -0.39 is 29.7 Å². The minimum atomic E-state index is -2.96. The van der Waals surface area contributed by atoms with E-state index in [2.05, 4.69) is 13.2 Å². The van der Waals surface area contributed by atoms with Crippen molar-refractivity contribution in [2.45, 2.75) is 81.7 Å². The summed E-state index contributed by atoms with van der Waals surface area (Å²) >= 11 is 0. The van der Waals surface area contributed by atoms with Crippen LogP contribution in [0.25, 0.3) is 12.2 Å². The molecule has 2 aliphatic rings. The lowest BCUT2D eigenvalue weighted by molar-refractivity contribution is -0.187. The molecule has 0 heterocycles. The zero-order valence-electron chi connectivity index (χ0n) is 32.8. The molecule has 1 atom stereocenters. The van der Waals surface area contributed by atoms with E-state index in [1.165, 1.54) is 30.4 Å². The molecule has 0 bridgehead atoms. The maximum Gasteiger partial charge on any atom is 0.235 e. The van der Waals surface area contributed by atoms with Crippen molar-refractivity contribution in [1.29, 1.82) is 0 Å². The number of carbonyl (C=O) groups is 2. The topological polar surface area (TPSA) is 164 Å². The number of rotatable bonds is 21. The fourth-order valence-corrected chi connectivity index (χ4v) is 7.42. The molecule has 3 aromatic rings. The highest BCUT2D eigenvalue weighted by Gasteiger charge is 2.43. The molecule has 1 unspecified atom stereocenters. The molecule has 5 rings (SSSR count). The van der Waals surface area contributed by atoms with Gasteiger partial charge < -0.3 is 40.6 Å². The zero-order chi connectivity index (χ0) is 40.6. The Morgan fingerprint density at radius 2 is 1.18 bits per heavy atom. The Hall–Kier alpha value is -5.00. The number of hydrogen-bond acceptors (Lipinski definition) is 10. The van der Waals surface area contributed by atoms with Crippen LogP contribution in [0.2, 0.25) is 0 Å². The van der Waals surface area contributed by atoms with Gasteiger partial charge in [0.15, 0.2) is 5.78 Å². The lowest BCUT2D eigenvalue weighted by Gasteiger charge is -2.30. The van der Waals surface area contributed by atoms with Crippen LogP contribution in [-0.2, 0) is 19.1 Å². The number of allylic oxidation sites excluding steroid dienone is 1. The molecule has 0 amide bonds. The van der Waals surface area contributed by atoms with Crippen molar-refractivity contribution >= 4 is 35.1 Å². The molecule has 2 fully saturated rings. The monoisotopic (exact) mass is 778 g/mol. The Kier molecular flexibility index (Phi) is 16.3. The van der Waals surface area contributed by atoms with Gasteiger partial charge in [-0.25, -0.2) is 0 Å². The van der Waals surface area contributed by atoms with Gasteiger partial charge in [0.2, 0.25) is 11.6 Å². The fraction of sp³-hybridized carbons (Fsp3) is 0.404. The van der Waals surface area contributed by atoms with E-state index in [0.717, 1.165) is 68.8 Å². The molecule has 0 saturated heterocycles. The Morgan fingerprint density at radius 3 is 1.63 bits per heavy atom. The Morgan fingerprint density at radius 1 is 0.702 bits per heavy atom. The van der Waals surface area contributed by atoms with Crippen LogP contribution in [0.5, 0.6) is 11.5 Å². The summed E-state index contributed by atoms with van der Waals surface area (Å²) in [5.74, 6) is -3.40. The van der Waals surface area contributed by atoms with Gasteiger partial charge >= 0.3 is 0 Å². The molecule has 57 heavy (non-hydrogen) atoms. The summed E-state index contributed by atoms with van der Waals surface area (Å²) in [5, 5.41) is 22.7.